The van der Waals surface area contributed by atoms with Crippen LogP contribution in [-0.2, 0) is 21.4 Å². The van der Waals surface area contributed by atoms with Crippen molar-refractivity contribution < 1.29 is 24.2 Å². The van der Waals surface area contributed by atoms with E-state index in [9.17, 15) is 14.7 Å². The maximum atomic E-state index is 13.3. The van der Waals surface area contributed by atoms with Crippen LogP contribution in [0.4, 0.5) is 0 Å². The first-order valence-electron chi connectivity index (χ1n) is 12.3. The fourth-order valence-corrected chi connectivity index (χ4v) is 4.59. The fourth-order valence-electron chi connectivity index (χ4n) is 4.59. The van der Waals surface area contributed by atoms with Gasteiger partial charge in [0.05, 0.1) is 25.8 Å². The first-order chi connectivity index (χ1) is 17.6. The SMILES string of the molecule is COc1ccc(CCN2C(=O)C(=O)/C(=C(\O)c3cccc(OC)c3)C2c2ccc(C(C)(C)C)cc2)cc1. The summed E-state index contributed by atoms with van der Waals surface area (Å²) in [6, 6.07) is 21.7. The van der Waals surface area contributed by atoms with E-state index in [0.29, 0.717) is 24.3 Å². The lowest BCUT2D eigenvalue weighted by atomic mass is 9.85. The highest BCUT2D eigenvalue weighted by molar-refractivity contribution is 6.46. The van der Waals surface area contributed by atoms with Crippen LogP contribution in [0.25, 0.3) is 5.76 Å². The molecule has 0 radical (unpaired) electrons. The largest absolute Gasteiger partial charge is 0.507 e. The van der Waals surface area contributed by atoms with Crippen LogP contribution in [0.5, 0.6) is 11.5 Å². The molecule has 1 fully saturated rings. The first kappa shape index (κ1) is 26.0. The molecule has 1 heterocycles. The molecule has 6 nitrogen and oxygen atoms in total. The average molecular weight is 500 g/mol. The van der Waals surface area contributed by atoms with Crippen molar-refractivity contribution in [1.82, 2.24) is 4.90 Å². The molecule has 1 N–H and O–H groups in total. The summed E-state index contributed by atoms with van der Waals surface area (Å²) < 4.78 is 10.5. The van der Waals surface area contributed by atoms with Gasteiger partial charge < -0.3 is 19.5 Å². The Labute approximate surface area is 218 Å². The minimum absolute atomic E-state index is 0.0463. The Bertz CT molecular complexity index is 1320. The van der Waals surface area contributed by atoms with Crippen LogP contribution >= 0.6 is 0 Å². The van der Waals surface area contributed by atoms with Crippen LogP contribution in [0.2, 0.25) is 0 Å². The highest BCUT2D eigenvalue weighted by Gasteiger charge is 2.45. The summed E-state index contributed by atoms with van der Waals surface area (Å²) in [5.41, 5.74) is 3.37. The summed E-state index contributed by atoms with van der Waals surface area (Å²) in [5, 5.41) is 11.3. The Morgan fingerprint density at radius 3 is 2.14 bits per heavy atom. The van der Waals surface area contributed by atoms with Crippen LogP contribution in [0.15, 0.2) is 78.4 Å². The van der Waals surface area contributed by atoms with Gasteiger partial charge >= 0.3 is 0 Å². The van der Waals surface area contributed by atoms with Crippen LogP contribution in [-0.4, -0.2) is 42.5 Å². The number of methoxy groups -OCH3 is 2. The standard InChI is InChI=1S/C31H33NO5/c1-31(2,3)23-13-11-21(12-14-23)27-26(28(33)22-7-6-8-25(19-22)37-5)29(34)30(35)32(27)18-17-20-9-15-24(36-4)16-10-20/h6-16,19,27,33H,17-18H2,1-5H3/b28-26-. The Morgan fingerprint density at radius 1 is 0.892 bits per heavy atom. The molecule has 1 aliphatic heterocycles. The molecule has 6 heteroatoms. The third-order valence-corrected chi connectivity index (χ3v) is 6.78. The van der Waals surface area contributed by atoms with Gasteiger partial charge in [-0.15, -0.1) is 0 Å². The summed E-state index contributed by atoms with van der Waals surface area (Å²) in [6.45, 7) is 6.71. The molecule has 0 aromatic heterocycles. The molecule has 4 rings (SSSR count). The number of ketones is 1. The van der Waals surface area contributed by atoms with Crippen molar-refractivity contribution >= 4 is 17.4 Å². The van der Waals surface area contributed by atoms with Gasteiger partial charge in [-0.2, -0.15) is 0 Å². The molecular formula is C31H33NO5. The number of nitrogens with zero attached hydrogens (tertiary/aromatic N) is 1. The van der Waals surface area contributed by atoms with Gasteiger partial charge in [-0.25, -0.2) is 0 Å². The van der Waals surface area contributed by atoms with Crippen LogP contribution in [0.3, 0.4) is 0 Å². The number of Topliss-reactive ketones (excluding diaryl/α,β-unsaturated/α-hetero) is 1. The van der Waals surface area contributed by atoms with Crippen molar-refractivity contribution in [3.8, 4) is 11.5 Å². The van der Waals surface area contributed by atoms with E-state index in [-0.39, 0.29) is 16.7 Å². The van der Waals surface area contributed by atoms with Crippen molar-refractivity contribution in [2.75, 3.05) is 20.8 Å². The van der Waals surface area contributed by atoms with Gasteiger partial charge in [0.2, 0.25) is 0 Å². The number of aliphatic hydroxyl groups is 1. The molecule has 0 aliphatic carbocycles. The number of ether oxygens (including phenoxy) is 2. The Kier molecular flexibility index (Phi) is 7.39. The maximum Gasteiger partial charge on any atom is 0.295 e. The molecular weight excluding hydrogens is 466 g/mol. The highest BCUT2D eigenvalue weighted by atomic mass is 16.5. The lowest BCUT2D eigenvalue weighted by Gasteiger charge is -2.26. The quantitative estimate of drug-likeness (QED) is 0.258. The van der Waals surface area contributed by atoms with E-state index in [2.05, 4.69) is 20.8 Å². The van der Waals surface area contributed by atoms with Crippen molar-refractivity contribution in [2.24, 2.45) is 0 Å². The summed E-state index contributed by atoms with van der Waals surface area (Å²) in [7, 11) is 3.15. The van der Waals surface area contributed by atoms with E-state index < -0.39 is 17.7 Å². The van der Waals surface area contributed by atoms with Gasteiger partial charge in [0.25, 0.3) is 11.7 Å². The number of benzene rings is 3. The lowest BCUT2D eigenvalue weighted by molar-refractivity contribution is -0.139. The van der Waals surface area contributed by atoms with E-state index in [1.807, 2.05) is 48.5 Å². The Hall–Kier alpha value is -4.06. The predicted octanol–water partition coefficient (Wildman–Crippen LogP) is 5.67. The predicted molar refractivity (Wildman–Crippen MR) is 144 cm³/mol. The minimum Gasteiger partial charge on any atom is -0.507 e. The van der Waals surface area contributed by atoms with Crippen molar-refractivity contribution in [3.05, 3.63) is 101 Å². The van der Waals surface area contributed by atoms with Gasteiger partial charge in [-0.05, 0) is 52.8 Å². The zero-order chi connectivity index (χ0) is 26.7. The number of hydrogen-bond donors (Lipinski definition) is 1. The molecule has 3 aromatic rings. The van der Waals surface area contributed by atoms with E-state index in [0.717, 1.165) is 22.4 Å². The molecule has 0 saturated carbocycles. The Morgan fingerprint density at radius 2 is 1.54 bits per heavy atom. The van der Waals surface area contributed by atoms with Crippen LogP contribution in [0.1, 0.15) is 49.1 Å². The smallest absolute Gasteiger partial charge is 0.295 e. The zero-order valence-corrected chi connectivity index (χ0v) is 21.9. The Balaban J connectivity index is 1.77. The van der Waals surface area contributed by atoms with Gasteiger partial charge in [0, 0.05) is 12.1 Å². The molecule has 3 aromatic carbocycles. The normalized spacial score (nSPS) is 17.2. The average Bonchev–Trinajstić information content (AvgIpc) is 3.16. The maximum absolute atomic E-state index is 13.3. The van der Waals surface area contributed by atoms with Crippen LogP contribution in [0, 0.1) is 0 Å². The van der Waals surface area contributed by atoms with Gasteiger partial charge in [0.15, 0.2) is 0 Å². The molecule has 192 valence electrons. The summed E-state index contributed by atoms with van der Waals surface area (Å²) in [6.07, 6.45) is 0.548. The number of aliphatic hydroxyl groups excluding tert-OH is 1. The number of likely N-dealkylation sites (tertiary alicyclic amines) is 1. The molecule has 1 atom stereocenters. The number of amides is 1. The topological polar surface area (TPSA) is 76.1 Å². The molecule has 1 saturated heterocycles. The van der Waals surface area contributed by atoms with Gasteiger partial charge in [-0.3, -0.25) is 9.59 Å². The summed E-state index contributed by atoms with van der Waals surface area (Å²) in [5.74, 6) is -0.234. The first-order valence-corrected chi connectivity index (χ1v) is 12.3. The number of carbonyl (C=O) groups is 2. The summed E-state index contributed by atoms with van der Waals surface area (Å²) in [4.78, 5) is 28.2. The molecule has 37 heavy (non-hydrogen) atoms. The summed E-state index contributed by atoms with van der Waals surface area (Å²) >= 11 is 0. The minimum atomic E-state index is -0.710. The molecule has 1 aliphatic rings. The third kappa shape index (κ3) is 5.38. The number of rotatable bonds is 7. The van der Waals surface area contributed by atoms with Crippen molar-refractivity contribution in [1.29, 1.82) is 0 Å². The molecule has 1 unspecified atom stereocenters. The number of carbonyl (C=O) groups excluding carboxylic acids is 2. The van der Waals surface area contributed by atoms with Crippen LogP contribution < -0.4 is 9.47 Å². The van der Waals surface area contributed by atoms with E-state index >= 15 is 0 Å². The monoisotopic (exact) mass is 499 g/mol. The van der Waals surface area contributed by atoms with Crippen molar-refractivity contribution in [2.45, 2.75) is 38.6 Å². The second-order valence-electron chi connectivity index (χ2n) is 10.2. The van der Waals surface area contributed by atoms with E-state index in [1.54, 1.807) is 36.3 Å². The fraction of sp³-hybridized carbons (Fsp3) is 0.290. The third-order valence-electron chi connectivity index (χ3n) is 6.78. The lowest BCUT2D eigenvalue weighted by Crippen LogP contribution is -2.31. The molecule has 0 spiro atoms. The number of hydrogen-bond acceptors (Lipinski definition) is 5. The van der Waals surface area contributed by atoms with Gasteiger partial charge in [-0.1, -0.05) is 69.3 Å². The van der Waals surface area contributed by atoms with Crippen molar-refractivity contribution in [3.63, 3.8) is 0 Å². The molecule has 0 bridgehead atoms. The molecule has 1 amide bonds. The second kappa shape index (κ2) is 10.5. The van der Waals surface area contributed by atoms with E-state index in [4.69, 9.17) is 9.47 Å². The zero-order valence-electron chi connectivity index (χ0n) is 21.9. The van der Waals surface area contributed by atoms with Gasteiger partial charge in [0.1, 0.15) is 17.3 Å². The van der Waals surface area contributed by atoms with E-state index in [1.165, 1.54) is 7.11 Å². The second-order valence-corrected chi connectivity index (χ2v) is 10.2. The highest BCUT2D eigenvalue weighted by Crippen LogP contribution is 2.40.